The molecule has 4 nitrogen and oxygen atoms in total. The van der Waals surface area contributed by atoms with Crippen LogP contribution in [0.3, 0.4) is 0 Å². The van der Waals surface area contributed by atoms with Crippen LogP contribution < -0.4 is 0 Å². The van der Waals surface area contributed by atoms with E-state index in [2.05, 4.69) is 4.74 Å². The van der Waals surface area contributed by atoms with E-state index in [9.17, 15) is 22.8 Å². The van der Waals surface area contributed by atoms with Crippen LogP contribution in [0.1, 0.15) is 12.8 Å². The second-order valence-electron chi connectivity index (χ2n) is 5.15. The lowest BCUT2D eigenvalue weighted by molar-refractivity contribution is -0.191. The zero-order valence-electron chi connectivity index (χ0n) is 9.27. The Morgan fingerprint density at radius 1 is 1.39 bits per heavy atom. The maximum absolute atomic E-state index is 12.0. The first-order chi connectivity index (χ1) is 8.37. The quantitative estimate of drug-likeness (QED) is 0.705. The monoisotopic (exact) mass is 264 g/mol. The number of ether oxygens (including phenoxy) is 2. The van der Waals surface area contributed by atoms with E-state index in [-0.39, 0.29) is 17.9 Å². The molecule has 100 valence electrons. The lowest BCUT2D eigenvalue weighted by atomic mass is 9.80. The zero-order valence-corrected chi connectivity index (χ0v) is 9.27. The Labute approximate surface area is 100 Å². The van der Waals surface area contributed by atoms with Gasteiger partial charge in [-0.2, -0.15) is 13.2 Å². The Morgan fingerprint density at radius 2 is 2.11 bits per heavy atom. The molecule has 0 spiro atoms. The standard InChI is InChI=1S/C11H11F3O4/c12-11(13,14)3-17-9(15)7-4-1-5-6(2-4)18-10(16)8(5)7/h4-8H,1-3H2. The molecule has 1 saturated heterocycles. The maximum Gasteiger partial charge on any atom is 0.422 e. The molecular formula is C11H11F3O4. The Balaban J connectivity index is 1.70. The summed E-state index contributed by atoms with van der Waals surface area (Å²) >= 11 is 0. The fraction of sp³-hybridized carbons (Fsp3) is 0.818. The number of fused-ring (bicyclic) bond motifs is 1. The van der Waals surface area contributed by atoms with Gasteiger partial charge in [0.15, 0.2) is 6.61 Å². The van der Waals surface area contributed by atoms with Crippen LogP contribution in [0.15, 0.2) is 0 Å². The minimum absolute atomic E-state index is 0.00839. The summed E-state index contributed by atoms with van der Waals surface area (Å²) in [7, 11) is 0. The van der Waals surface area contributed by atoms with E-state index in [1.807, 2.05) is 0 Å². The van der Waals surface area contributed by atoms with Crippen molar-refractivity contribution in [2.24, 2.45) is 23.7 Å². The molecule has 1 aliphatic heterocycles. The summed E-state index contributed by atoms with van der Waals surface area (Å²) in [5.41, 5.74) is 0. The van der Waals surface area contributed by atoms with Gasteiger partial charge in [0.25, 0.3) is 0 Å². The molecule has 5 atom stereocenters. The topological polar surface area (TPSA) is 52.6 Å². The first-order valence-electron chi connectivity index (χ1n) is 5.81. The molecule has 2 saturated carbocycles. The summed E-state index contributed by atoms with van der Waals surface area (Å²) in [5, 5.41) is 0. The Kier molecular flexibility index (Phi) is 2.37. The van der Waals surface area contributed by atoms with Crippen LogP contribution in [0.25, 0.3) is 0 Å². The van der Waals surface area contributed by atoms with Gasteiger partial charge in [-0.05, 0) is 18.8 Å². The molecule has 5 unspecified atom stereocenters. The maximum atomic E-state index is 12.0. The highest BCUT2D eigenvalue weighted by Crippen LogP contribution is 2.57. The lowest BCUT2D eigenvalue weighted by Gasteiger charge is -2.22. The van der Waals surface area contributed by atoms with Gasteiger partial charge < -0.3 is 9.47 Å². The highest BCUT2D eigenvalue weighted by Gasteiger charge is 2.64. The first kappa shape index (κ1) is 11.8. The Bertz CT molecular complexity index is 404. The van der Waals surface area contributed by atoms with Crippen LogP contribution in [0.4, 0.5) is 13.2 Å². The molecule has 0 aromatic rings. The van der Waals surface area contributed by atoms with Gasteiger partial charge in [-0.15, -0.1) is 0 Å². The van der Waals surface area contributed by atoms with Crippen molar-refractivity contribution in [3.8, 4) is 0 Å². The highest BCUT2D eigenvalue weighted by atomic mass is 19.4. The average molecular weight is 264 g/mol. The largest absolute Gasteiger partial charge is 0.462 e. The normalized spacial score (nSPS) is 41.1. The van der Waals surface area contributed by atoms with Gasteiger partial charge >= 0.3 is 18.1 Å². The van der Waals surface area contributed by atoms with Crippen molar-refractivity contribution in [2.75, 3.05) is 6.61 Å². The molecule has 1 heterocycles. The fourth-order valence-electron chi connectivity index (χ4n) is 3.57. The molecule has 3 fully saturated rings. The average Bonchev–Trinajstić information content (AvgIpc) is 2.84. The highest BCUT2D eigenvalue weighted by molar-refractivity contribution is 5.85. The summed E-state index contributed by atoms with van der Waals surface area (Å²) in [5.74, 6) is -2.79. The van der Waals surface area contributed by atoms with E-state index in [0.29, 0.717) is 12.8 Å². The van der Waals surface area contributed by atoms with Crippen LogP contribution in [0, 0.1) is 23.7 Å². The number of hydrogen-bond acceptors (Lipinski definition) is 4. The number of hydrogen-bond donors (Lipinski definition) is 0. The van der Waals surface area contributed by atoms with E-state index in [0.717, 1.165) is 0 Å². The molecule has 3 rings (SSSR count). The molecule has 7 heteroatoms. The number of esters is 2. The van der Waals surface area contributed by atoms with Gasteiger partial charge in [0.05, 0.1) is 11.8 Å². The first-order valence-corrected chi connectivity index (χ1v) is 5.81. The van der Waals surface area contributed by atoms with E-state index >= 15 is 0 Å². The molecule has 2 aliphatic carbocycles. The number of carbonyl (C=O) groups excluding carboxylic acids is 2. The predicted molar refractivity (Wildman–Crippen MR) is 50.1 cm³/mol. The van der Waals surface area contributed by atoms with Gasteiger partial charge in [0.2, 0.25) is 0 Å². The Hall–Kier alpha value is -1.27. The smallest absolute Gasteiger partial charge is 0.422 e. The molecule has 18 heavy (non-hydrogen) atoms. The second kappa shape index (κ2) is 3.61. The van der Waals surface area contributed by atoms with E-state index in [1.165, 1.54) is 0 Å². The van der Waals surface area contributed by atoms with Crippen molar-refractivity contribution in [3.05, 3.63) is 0 Å². The van der Waals surface area contributed by atoms with Crippen LogP contribution in [0.5, 0.6) is 0 Å². The summed E-state index contributed by atoms with van der Waals surface area (Å²) in [6.07, 6.45) is -3.43. The van der Waals surface area contributed by atoms with Gasteiger partial charge in [0, 0.05) is 5.92 Å². The SMILES string of the molecule is O=C(OCC(F)(F)F)C1C2CC3OC(=O)C1C3C2. The van der Waals surface area contributed by atoms with Crippen LogP contribution >= 0.6 is 0 Å². The molecule has 2 bridgehead atoms. The molecule has 3 aliphatic rings. The molecule has 0 radical (unpaired) electrons. The summed E-state index contributed by atoms with van der Waals surface area (Å²) < 4.78 is 45.3. The van der Waals surface area contributed by atoms with Crippen molar-refractivity contribution < 1.29 is 32.2 Å². The Morgan fingerprint density at radius 3 is 2.78 bits per heavy atom. The second-order valence-corrected chi connectivity index (χ2v) is 5.15. The van der Waals surface area contributed by atoms with Gasteiger partial charge in [-0.25, -0.2) is 0 Å². The molecule has 0 aromatic carbocycles. The number of carbonyl (C=O) groups is 2. The fourth-order valence-corrected chi connectivity index (χ4v) is 3.57. The zero-order chi connectivity index (χ0) is 13.1. The molecule has 0 N–H and O–H groups in total. The third-order valence-corrected chi connectivity index (χ3v) is 4.13. The summed E-state index contributed by atoms with van der Waals surface area (Å²) in [4.78, 5) is 23.2. The third kappa shape index (κ3) is 1.67. The van der Waals surface area contributed by atoms with E-state index in [1.54, 1.807) is 0 Å². The minimum Gasteiger partial charge on any atom is -0.462 e. The van der Waals surface area contributed by atoms with E-state index < -0.39 is 36.6 Å². The van der Waals surface area contributed by atoms with Crippen molar-refractivity contribution in [3.63, 3.8) is 0 Å². The molecule has 0 aromatic heterocycles. The summed E-state index contributed by atoms with van der Waals surface area (Å²) in [6, 6.07) is 0. The predicted octanol–water partition coefficient (Wildman–Crippen LogP) is 1.29. The van der Waals surface area contributed by atoms with Gasteiger partial charge in [-0.1, -0.05) is 0 Å². The van der Waals surface area contributed by atoms with Crippen molar-refractivity contribution >= 4 is 11.9 Å². The van der Waals surface area contributed by atoms with Crippen molar-refractivity contribution in [1.29, 1.82) is 0 Å². The summed E-state index contributed by atoms with van der Waals surface area (Å²) in [6.45, 7) is -1.59. The van der Waals surface area contributed by atoms with Crippen molar-refractivity contribution in [1.82, 2.24) is 0 Å². The third-order valence-electron chi connectivity index (χ3n) is 4.13. The van der Waals surface area contributed by atoms with Gasteiger partial charge in [0.1, 0.15) is 6.10 Å². The van der Waals surface area contributed by atoms with Crippen LogP contribution in [-0.4, -0.2) is 30.8 Å². The number of halogens is 3. The van der Waals surface area contributed by atoms with Crippen molar-refractivity contribution in [2.45, 2.75) is 25.1 Å². The number of rotatable bonds is 2. The van der Waals surface area contributed by atoms with Crippen LogP contribution in [0.2, 0.25) is 0 Å². The van der Waals surface area contributed by atoms with Crippen LogP contribution in [-0.2, 0) is 19.1 Å². The lowest BCUT2D eigenvalue weighted by Crippen LogP contribution is -2.35. The molecular weight excluding hydrogens is 253 g/mol. The minimum atomic E-state index is -4.54. The molecule has 0 amide bonds. The van der Waals surface area contributed by atoms with E-state index in [4.69, 9.17) is 4.74 Å². The van der Waals surface area contributed by atoms with Gasteiger partial charge in [-0.3, -0.25) is 9.59 Å². The number of alkyl halides is 3.